The van der Waals surface area contributed by atoms with Crippen molar-refractivity contribution in [3.8, 4) is 0 Å². The molecule has 0 heterocycles. The first-order valence-corrected chi connectivity index (χ1v) is 6.82. The van der Waals surface area contributed by atoms with Crippen LogP contribution in [0.5, 0.6) is 0 Å². The van der Waals surface area contributed by atoms with Crippen molar-refractivity contribution in [1.29, 1.82) is 0 Å². The Kier molecular flexibility index (Phi) is 3.12. The van der Waals surface area contributed by atoms with Gasteiger partial charge in [0, 0.05) is 11.5 Å². The molecule has 3 unspecified atom stereocenters. The Hall–Kier alpha value is -2.04. The van der Waals surface area contributed by atoms with Crippen LogP contribution in [-0.2, 0) is 16.1 Å². The highest BCUT2D eigenvalue weighted by atomic mass is 16.5. The second kappa shape index (κ2) is 4.81. The Morgan fingerprint density at radius 1 is 1.35 bits per heavy atom. The zero-order valence-electron chi connectivity index (χ0n) is 11.0. The predicted octanol–water partition coefficient (Wildman–Crippen LogP) is 2.17. The number of carbonyl (C=O) groups is 2. The van der Waals surface area contributed by atoms with Crippen LogP contribution in [0.2, 0.25) is 0 Å². The van der Waals surface area contributed by atoms with Gasteiger partial charge in [0.05, 0.1) is 5.92 Å². The maximum atomic E-state index is 11.7. The minimum absolute atomic E-state index is 0.0492. The van der Waals surface area contributed by atoms with E-state index in [1.807, 2.05) is 30.3 Å². The molecule has 5 heteroatoms. The number of rotatable bonds is 4. The number of hydrogen-bond acceptors (Lipinski definition) is 3. The van der Waals surface area contributed by atoms with Crippen molar-refractivity contribution in [2.24, 2.45) is 11.3 Å². The second-order valence-corrected chi connectivity index (χ2v) is 5.63. The highest BCUT2D eigenvalue weighted by Gasteiger charge is 2.67. The molecule has 0 saturated heterocycles. The van der Waals surface area contributed by atoms with E-state index in [4.69, 9.17) is 9.84 Å². The SMILES string of the molecule is O=C(NC1CCC12CC2C(=O)O)OCc1ccccc1. The van der Waals surface area contributed by atoms with Crippen molar-refractivity contribution >= 4 is 12.1 Å². The molecule has 3 atom stereocenters. The molecule has 0 aromatic heterocycles. The topological polar surface area (TPSA) is 75.6 Å². The number of nitrogens with one attached hydrogen (secondary N) is 1. The molecule has 0 aliphatic heterocycles. The molecule has 1 spiro atoms. The van der Waals surface area contributed by atoms with Crippen LogP contribution in [0, 0.1) is 11.3 Å². The van der Waals surface area contributed by atoms with Gasteiger partial charge in [-0.2, -0.15) is 0 Å². The maximum Gasteiger partial charge on any atom is 0.407 e. The van der Waals surface area contributed by atoms with E-state index in [2.05, 4.69) is 5.32 Å². The molecular formula is C15H17NO4. The normalized spacial score (nSPS) is 30.4. The van der Waals surface area contributed by atoms with Crippen molar-refractivity contribution < 1.29 is 19.4 Å². The molecule has 1 aromatic carbocycles. The molecule has 2 aliphatic carbocycles. The predicted molar refractivity (Wildman–Crippen MR) is 71.0 cm³/mol. The molecule has 5 nitrogen and oxygen atoms in total. The number of aliphatic carboxylic acids is 1. The van der Waals surface area contributed by atoms with Gasteiger partial charge in [0.1, 0.15) is 6.61 Å². The fraction of sp³-hybridized carbons (Fsp3) is 0.467. The van der Waals surface area contributed by atoms with Gasteiger partial charge >= 0.3 is 12.1 Å². The summed E-state index contributed by atoms with van der Waals surface area (Å²) in [5, 5.41) is 11.8. The summed E-state index contributed by atoms with van der Waals surface area (Å²) in [5.41, 5.74) is 0.734. The first kappa shape index (κ1) is 13.0. The molecule has 2 fully saturated rings. The van der Waals surface area contributed by atoms with Gasteiger partial charge in [-0.15, -0.1) is 0 Å². The first-order chi connectivity index (χ1) is 9.62. The maximum absolute atomic E-state index is 11.7. The molecule has 2 aliphatic rings. The third-order valence-electron chi connectivity index (χ3n) is 4.51. The van der Waals surface area contributed by atoms with E-state index in [0.717, 1.165) is 18.4 Å². The summed E-state index contributed by atoms with van der Waals surface area (Å²) in [6.45, 7) is 0.231. The minimum atomic E-state index is -0.755. The van der Waals surface area contributed by atoms with Crippen LogP contribution in [-0.4, -0.2) is 23.2 Å². The lowest BCUT2D eigenvalue weighted by Crippen LogP contribution is -2.49. The van der Waals surface area contributed by atoms with Gasteiger partial charge in [0.2, 0.25) is 0 Å². The summed E-state index contributed by atoms with van der Waals surface area (Å²) < 4.78 is 5.15. The molecular weight excluding hydrogens is 258 g/mol. The average Bonchev–Trinajstić information content (AvgIpc) is 3.21. The summed E-state index contributed by atoms with van der Waals surface area (Å²) in [4.78, 5) is 22.7. The van der Waals surface area contributed by atoms with E-state index in [0.29, 0.717) is 6.42 Å². The lowest BCUT2D eigenvalue weighted by atomic mass is 9.74. The third-order valence-corrected chi connectivity index (χ3v) is 4.51. The quantitative estimate of drug-likeness (QED) is 0.883. The van der Waals surface area contributed by atoms with Crippen molar-refractivity contribution in [3.05, 3.63) is 35.9 Å². The van der Waals surface area contributed by atoms with E-state index in [1.54, 1.807) is 0 Å². The lowest BCUT2D eigenvalue weighted by molar-refractivity contribution is -0.140. The Labute approximate surface area is 116 Å². The zero-order chi connectivity index (χ0) is 14.2. The summed E-state index contributed by atoms with van der Waals surface area (Å²) in [6, 6.07) is 9.41. The zero-order valence-corrected chi connectivity index (χ0v) is 11.0. The van der Waals surface area contributed by atoms with Crippen molar-refractivity contribution in [3.63, 3.8) is 0 Å². The molecule has 2 N–H and O–H groups in total. The minimum Gasteiger partial charge on any atom is -0.481 e. The molecule has 2 saturated carbocycles. The Morgan fingerprint density at radius 2 is 2.10 bits per heavy atom. The van der Waals surface area contributed by atoms with Gasteiger partial charge < -0.3 is 15.2 Å². The summed E-state index contributed by atoms with van der Waals surface area (Å²) in [7, 11) is 0. The number of ether oxygens (including phenoxy) is 1. The smallest absolute Gasteiger partial charge is 0.407 e. The number of benzene rings is 1. The van der Waals surface area contributed by atoms with E-state index >= 15 is 0 Å². The van der Waals surface area contributed by atoms with Crippen LogP contribution in [0.25, 0.3) is 0 Å². The molecule has 0 radical (unpaired) electrons. The van der Waals surface area contributed by atoms with Gasteiger partial charge in [0.25, 0.3) is 0 Å². The number of amides is 1. The van der Waals surface area contributed by atoms with E-state index < -0.39 is 12.1 Å². The number of carboxylic acid groups (broad SMARTS) is 1. The Bertz CT molecular complexity index is 530. The fourth-order valence-electron chi connectivity index (χ4n) is 3.10. The highest BCUT2D eigenvalue weighted by molar-refractivity contribution is 5.76. The second-order valence-electron chi connectivity index (χ2n) is 5.63. The van der Waals surface area contributed by atoms with Crippen LogP contribution < -0.4 is 5.32 Å². The van der Waals surface area contributed by atoms with Gasteiger partial charge in [-0.25, -0.2) is 4.79 Å². The molecule has 1 amide bonds. The number of alkyl carbamates (subject to hydrolysis) is 1. The number of carbonyl (C=O) groups excluding carboxylic acids is 1. The molecule has 20 heavy (non-hydrogen) atoms. The number of carboxylic acids is 1. The molecule has 1 aromatic rings. The summed E-state index contributed by atoms with van der Waals surface area (Å²) in [6.07, 6.45) is 1.93. The number of hydrogen-bond donors (Lipinski definition) is 2. The summed E-state index contributed by atoms with van der Waals surface area (Å²) in [5.74, 6) is -1.05. The van der Waals surface area contributed by atoms with Gasteiger partial charge in [-0.3, -0.25) is 4.79 Å². The van der Waals surface area contributed by atoms with Crippen molar-refractivity contribution in [2.45, 2.75) is 31.9 Å². The molecule has 0 bridgehead atoms. The molecule has 3 rings (SSSR count). The van der Waals surface area contributed by atoms with E-state index in [9.17, 15) is 9.59 Å². The van der Waals surface area contributed by atoms with Gasteiger partial charge in [0.15, 0.2) is 0 Å². The monoisotopic (exact) mass is 275 g/mol. The van der Waals surface area contributed by atoms with Crippen LogP contribution in [0.4, 0.5) is 4.79 Å². The van der Waals surface area contributed by atoms with Gasteiger partial charge in [-0.05, 0) is 24.8 Å². The standard InChI is InChI=1S/C15H17NO4/c17-13(18)11-8-15(11)7-6-12(15)16-14(19)20-9-10-4-2-1-3-5-10/h1-5,11-12H,6-9H2,(H,16,19)(H,17,18). The van der Waals surface area contributed by atoms with E-state index in [1.165, 1.54) is 0 Å². The summed E-state index contributed by atoms with van der Waals surface area (Å²) >= 11 is 0. The lowest BCUT2D eigenvalue weighted by Gasteiger charge is -2.38. The first-order valence-electron chi connectivity index (χ1n) is 6.82. The van der Waals surface area contributed by atoms with Crippen LogP contribution in [0.3, 0.4) is 0 Å². The third kappa shape index (κ3) is 2.24. The van der Waals surface area contributed by atoms with Crippen LogP contribution in [0.15, 0.2) is 30.3 Å². The fourth-order valence-corrected chi connectivity index (χ4v) is 3.10. The van der Waals surface area contributed by atoms with Gasteiger partial charge in [-0.1, -0.05) is 30.3 Å². The highest BCUT2D eigenvalue weighted by Crippen LogP contribution is 2.65. The van der Waals surface area contributed by atoms with Crippen molar-refractivity contribution in [2.75, 3.05) is 0 Å². The molecule has 106 valence electrons. The Morgan fingerprint density at radius 3 is 2.65 bits per heavy atom. The van der Waals surface area contributed by atoms with E-state index in [-0.39, 0.29) is 24.0 Å². The largest absolute Gasteiger partial charge is 0.481 e. The van der Waals surface area contributed by atoms with Crippen molar-refractivity contribution in [1.82, 2.24) is 5.32 Å². The van der Waals surface area contributed by atoms with Crippen LogP contribution >= 0.6 is 0 Å². The average molecular weight is 275 g/mol. The Balaban J connectivity index is 1.47. The van der Waals surface area contributed by atoms with Crippen LogP contribution in [0.1, 0.15) is 24.8 Å².